The molecule has 0 heterocycles. The van der Waals surface area contributed by atoms with Crippen LogP contribution in [0.15, 0.2) is 24.3 Å². The van der Waals surface area contributed by atoms with Crippen LogP contribution in [0.5, 0.6) is 5.75 Å². The smallest absolute Gasteiger partial charge is 0.119 e. The molecule has 108 valence electrons. The van der Waals surface area contributed by atoms with Crippen molar-refractivity contribution in [1.82, 2.24) is 5.32 Å². The number of hydrogen-bond acceptors (Lipinski definition) is 3. The van der Waals surface area contributed by atoms with Gasteiger partial charge in [-0.05, 0) is 50.4 Å². The van der Waals surface area contributed by atoms with Crippen LogP contribution in [0.25, 0.3) is 0 Å². The third-order valence-corrected chi connectivity index (χ3v) is 3.08. The highest BCUT2D eigenvalue weighted by Gasteiger charge is 2.10. The summed E-state index contributed by atoms with van der Waals surface area (Å²) in [7, 11) is 1.76. The molecule has 0 aliphatic rings. The summed E-state index contributed by atoms with van der Waals surface area (Å²) in [6.07, 6.45) is 3.32. The third-order valence-electron chi connectivity index (χ3n) is 3.08. The fourth-order valence-electron chi connectivity index (χ4n) is 2.10. The summed E-state index contributed by atoms with van der Waals surface area (Å²) in [6.45, 7) is 6.78. The zero-order chi connectivity index (χ0) is 13.9. The number of methoxy groups -OCH3 is 1. The normalized spacial score (nSPS) is 12.4. The highest BCUT2D eigenvalue weighted by molar-refractivity contribution is 5.29. The Labute approximate surface area is 117 Å². The monoisotopic (exact) mass is 265 g/mol. The van der Waals surface area contributed by atoms with Crippen molar-refractivity contribution in [2.24, 2.45) is 0 Å². The molecule has 1 N–H and O–H groups in total. The van der Waals surface area contributed by atoms with E-state index in [2.05, 4.69) is 36.5 Å². The van der Waals surface area contributed by atoms with Gasteiger partial charge in [0.2, 0.25) is 0 Å². The van der Waals surface area contributed by atoms with Gasteiger partial charge in [-0.15, -0.1) is 0 Å². The van der Waals surface area contributed by atoms with Crippen LogP contribution in [-0.4, -0.2) is 26.9 Å². The van der Waals surface area contributed by atoms with E-state index in [1.807, 2.05) is 6.92 Å². The van der Waals surface area contributed by atoms with E-state index in [0.29, 0.717) is 12.6 Å². The lowest BCUT2D eigenvalue weighted by Gasteiger charge is -2.19. The molecule has 1 aromatic rings. The molecule has 0 aliphatic carbocycles. The predicted molar refractivity (Wildman–Crippen MR) is 79.8 cm³/mol. The van der Waals surface area contributed by atoms with Crippen molar-refractivity contribution in [3.05, 3.63) is 29.8 Å². The first-order valence-corrected chi connectivity index (χ1v) is 7.26. The largest absolute Gasteiger partial charge is 0.494 e. The van der Waals surface area contributed by atoms with Gasteiger partial charge in [0.05, 0.1) is 6.61 Å². The summed E-state index contributed by atoms with van der Waals surface area (Å²) in [5.41, 5.74) is 1.33. The highest BCUT2D eigenvalue weighted by Crippen LogP contribution is 2.21. The minimum absolute atomic E-state index is 0.408. The molecule has 0 aromatic heterocycles. The molecular weight excluding hydrogens is 238 g/mol. The number of nitrogens with one attached hydrogen (secondary N) is 1. The number of benzene rings is 1. The molecule has 3 nitrogen and oxygen atoms in total. The maximum Gasteiger partial charge on any atom is 0.119 e. The maximum absolute atomic E-state index is 5.48. The quantitative estimate of drug-likeness (QED) is 0.656. The van der Waals surface area contributed by atoms with Gasteiger partial charge < -0.3 is 14.8 Å². The lowest BCUT2D eigenvalue weighted by Crippen LogP contribution is -2.22. The van der Waals surface area contributed by atoms with E-state index in [4.69, 9.17) is 9.47 Å². The lowest BCUT2D eigenvalue weighted by atomic mass is 10.0. The predicted octanol–water partition coefficient (Wildman–Crippen LogP) is 3.55. The van der Waals surface area contributed by atoms with E-state index in [1.165, 1.54) is 5.56 Å². The van der Waals surface area contributed by atoms with Crippen LogP contribution in [-0.2, 0) is 4.74 Å². The van der Waals surface area contributed by atoms with Crippen LogP contribution in [0.4, 0.5) is 0 Å². The van der Waals surface area contributed by atoms with E-state index < -0.39 is 0 Å². The van der Waals surface area contributed by atoms with E-state index >= 15 is 0 Å². The summed E-state index contributed by atoms with van der Waals surface area (Å²) in [6, 6.07) is 8.83. The Hall–Kier alpha value is -1.06. The second-order valence-corrected chi connectivity index (χ2v) is 4.64. The van der Waals surface area contributed by atoms with Crippen molar-refractivity contribution < 1.29 is 9.47 Å². The highest BCUT2D eigenvalue weighted by atomic mass is 16.5. The van der Waals surface area contributed by atoms with E-state index in [0.717, 1.165) is 38.2 Å². The molecule has 0 fully saturated rings. The third kappa shape index (κ3) is 6.08. The number of rotatable bonds is 10. The van der Waals surface area contributed by atoms with Gasteiger partial charge in [-0.25, -0.2) is 0 Å². The van der Waals surface area contributed by atoms with Gasteiger partial charge in [0.15, 0.2) is 0 Å². The molecule has 0 radical (unpaired) electrons. The summed E-state index contributed by atoms with van der Waals surface area (Å²) in [4.78, 5) is 0. The van der Waals surface area contributed by atoms with Gasteiger partial charge in [0, 0.05) is 19.8 Å². The molecule has 1 atom stereocenters. The zero-order valence-corrected chi connectivity index (χ0v) is 12.4. The van der Waals surface area contributed by atoms with Crippen LogP contribution in [0.3, 0.4) is 0 Å². The van der Waals surface area contributed by atoms with Crippen molar-refractivity contribution in [1.29, 1.82) is 0 Å². The standard InChI is InChI=1S/C16H27NO2/c1-4-12-17-16(7-6-13-18-3)14-8-10-15(11-9-14)19-5-2/h8-11,16-17H,4-7,12-13H2,1-3H3. The second-order valence-electron chi connectivity index (χ2n) is 4.64. The van der Waals surface area contributed by atoms with Crippen molar-refractivity contribution in [2.75, 3.05) is 26.9 Å². The second kappa shape index (κ2) is 9.82. The van der Waals surface area contributed by atoms with E-state index in [9.17, 15) is 0 Å². The minimum atomic E-state index is 0.408. The molecule has 19 heavy (non-hydrogen) atoms. The molecule has 0 spiro atoms. The fraction of sp³-hybridized carbons (Fsp3) is 0.625. The molecule has 0 aliphatic heterocycles. The van der Waals surface area contributed by atoms with Gasteiger partial charge in [0.25, 0.3) is 0 Å². The summed E-state index contributed by atoms with van der Waals surface area (Å²) < 4.78 is 10.6. The van der Waals surface area contributed by atoms with Gasteiger partial charge in [-0.3, -0.25) is 0 Å². The molecular formula is C16H27NO2. The van der Waals surface area contributed by atoms with Crippen molar-refractivity contribution in [2.45, 2.75) is 39.2 Å². The summed E-state index contributed by atoms with van der Waals surface area (Å²) >= 11 is 0. The molecule has 0 amide bonds. The summed E-state index contributed by atoms with van der Waals surface area (Å²) in [5, 5.41) is 3.60. The van der Waals surface area contributed by atoms with Crippen molar-refractivity contribution in [3.63, 3.8) is 0 Å². The molecule has 1 unspecified atom stereocenters. The topological polar surface area (TPSA) is 30.5 Å². The first-order chi connectivity index (χ1) is 9.31. The Kier molecular flexibility index (Phi) is 8.26. The average Bonchev–Trinajstić information content (AvgIpc) is 2.44. The minimum Gasteiger partial charge on any atom is -0.494 e. The van der Waals surface area contributed by atoms with E-state index in [1.54, 1.807) is 7.11 Å². The number of hydrogen-bond donors (Lipinski definition) is 1. The maximum atomic E-state index is 5.48. The Morgan fingerprint density at radius 2 is 1.89 bits per heavy atom. The summed E-state index contributed by atoms with van der Waals surface area (Å²) in [5.74, 6) is 0.942. The van der Waals surface area contributed by atoms with Gasteiger partial charge in [-0.1, -0.05) is 19.1 Å². The Bertz CT molecular complexity index is 324. The number of ether oxygens (including phenoxy) is 2. The first kappa shape index (κ1) is 16.0. The fourth-order valence-corrected chi connectivity index (χ4v) is 2.10. The molecule has 0 bridgehead atoms. The average molecular weight is 265 g/mol. The van der Waals surface area contributed by atoms with Crippen molar-refractivity contribution >= 4 is 0 Å². The molecule has 3 heteroatoms. The van der Waals surface area contributed by atoms with E-state index in [-0.39, 0.29) is 0 Å². The molecule has 0 saturated heterocycles. The zero-order valence-electron chi connectivity index (χ0n) is 12.4. The van der Waals surface area contributed by atoms with Crippen molar-refractivity contribution in [3.8, 4) is 5.75 Å². The Morgan fingerprint density at radius 1 is 1.16 bits per heavy atom. The first-order valence-electron chi connectivity index (χ1n) is 7.26. The van der Waals surface area contributed by atoms with Crippen LogP contribution in [0.1, 0.15) is 44.7 Å². The van der Waals surface area contributed by atoms with Gasteiger partial charge in [0.1, 0.15) is 5.75 Å². The van der Waals surface area contributed by atoms with Crippen LogP contribution in [0.2, 0.25) is 0 Å². The molecule has 1 aromatic carbocycles. The van der Waals surface area contributed by atoms with Crippen LogP contribution < -0.4 is 10.1 Å². The molecule has 1 rings (SSSR count). The Morgan fingerprint density at radius 3 is 2.47 bits per heavy atom. The van der Waals surface area contributed by atoms with Gasteiger partial charge >= 0.3 is 0 Å². The van der Waals surface area contributed by atoms with Gasteiger partial charge in [-0.2, -0.15) is 0 Å². The molecule has 0 saturated carbocycles. The Balaban J connectivity index is 2.60. The SMILES string of the molecule is CCCNC(CCCOC)c1ccc(OCC)cc1. The lowest BCUT2D eigenvalue weighted by molar-refractivity contribution is 0.188. The van der Waals surface area contributed by atoms with Crippen LogP contribution in [0, 0.1) is 0 Å². The van der Waals surface area contributed by atoms with Crippen LogP contribution >= 0.6 is 0 Å².